The first-order chi connectivity index (χ1) is 19.9. The predicted molar refractivity (Wildman–Crippen MR) is 150 cm³/mol. The zero-order valence-corrected chi connectivity index (χ0v) is 22.8. The fraction of sp³-hybridized carbons (Fsp3) is 0.367. The van der Waals surface area contributed by atoms with Crippen LogP contribution in [0, 0.1) is 33.9 Å². The van der Waals surface area contributed by atoms with Gasteiger partial charge in [-0.15, -0.1) is 0 Å². The Hall–Kier alpha value is -4.74. The molecule has 0 aromatic carbocycles. The Morgan fingerprint density at radius 1 is 1.07 bits per heavy atom. The molecule has 41 heavy (non-hydrogen) atoms. The number of methoxy groups -OCH3 is 1. The lowest BCUT2D eigenvalue weighted by Gasteiger charge is -2.56. The molecule has 4 saturated heterocycles. The van der Waals surface area contributed by atoms with E-state index in [1.165, 1.54) is 13.2 Å². The van der Waals surface area contributed by atoms with Gasteiger partial charge in [0.2, 0.25) is 5.88 Å². The van der Waals surface area contributed by atoms with Gasteiger partial charge in [0.1, 0.15) is 11.9 Å². The second-order valence-electron chi connectivity index (χ2n) is 11.5. The summed E-state index contributed by atoms with van der Waals surface area (Å²) in [5.41, 5.74) is 4.48. The van der Waals surface area contributed by atoms with Crippen LogP contribution in [0.5, 0.6) is 5.88 Å². The molecular formula is C30H28FN9O. The average Bonchev–Trinajstić information content (AvgIpc) is 3.41. The Morgan fingerprint density at radius 3 is 2.54 bits per heavy atom. The molecule has 0 amide bonds. The number of hydrogen-bond donors (Lipinski definition) is 0. The fourth-order valence-corrected chi connectivity index (χ4v) is 6.41. The molecule has 2 unspecified atom stereocenters. The lowest BCUT2D eigenvalue weighted by molar-refractivity contribution is -0.00884. The summed E-state index contributed by atoms with van der Waals surface area (Å²) in [6.45, 7) is 5.62. The zero-order valence-electron chi connectivity index (χ0n) is 22.8. The zero-order chi connectivity index (χ0) is 28.3. The molecule has 11 heteroatoms. The molecule has 8 rings (SSSR count). The maximum Gasteiger partial charge on any atom is 0.250 e. The second kappa shape index (κ2) is 9.43. The van der Waals surface area contributed by atoms with Gasteiger partial charge >= 0.3 is 0 Å². The number of halogens is 1. The first-order valence-electron chi connectivity index (χ1n) is 13.6. The Labute approximate surface area is 236 Å². The Morgan fingerprint density at radius 2 is 1.88 bits per heavy atom. The average molecular weight is 550 g/mol. The molecule has 4 aliphatic rings. The Bertz CT molecular complexity index is 1720. The predicted octanol–water partition coefficient (Wildman–Crippen LogP) is 3.62. The van der Waals surface area contributed by atoms with Crippen molar-refractivity contribution in [2.45, 2.75) is 32.0 Å². The number of nitrogens with zero attached hydrogens (tertiary/aromatic N) is 9. The van der Waals surface area contributed by atoms with Gasteiger partial charge in [0.05, 0.1) is 47.8 Å². The van der Waals surface area contributed by atoms with Gasteiger partial charge in [-0.25, -0.2) is 18.9 Å². The number of aromatic nitrogens is 4. The van der Waals surface area contributed by atoms with Crippen molar-refractivity contribution in [2.24, 2.45) is 5.41 Å². The van der Waals surface area contributed by atoms with Crippen molar-refractivity contribution in [1.82, 2.24) is 24.5 Å². The highest BCUT2D eigenvalue weighted by atomic mass is 19.1. The van der Waals surface area contributed by atoms with Gasteiger partial charge in [0.15, 0.2) is 5.82 Å². The van der Waals surface area contributed by atoms with Gasteiger partial charge in [-0.1, -0.05) is 0 Å². The highest BCUT2D eigenvalue weighted by Crippen LogP contribution is 2.39. The van der Waals surface area contributed by atoms with Gasteiger partial charge in [-0.3, -0.25) is 4.90 Å². The lowest BCUT2D eigenvalue weighted by Crippen LogP contribution is -2.68. The number of pyridine rings is 3. The van der Waals surface area contributed by atoms with E-state index in [-0.39, 0.29) is 11.3 Å². The summed E-state index contributed by atoms with van der Waals surface area (Å²) in [7, 11) is 1.42. The standard InChI is InChI=1S/C30H28FN9O/c1-30(16-33)17-38(18-30)22-7-25(28-21(8-32)11-36-40(28)15-22)20-3-4-27(34-10-20)37-13-23-6-24(14-37)39(23)12-19-5-26(31)29(41-2)35-9-19/h3-5,7,9-11,15,23-24H,6,12-14,17-18H2,1-2H3. The summed E-state index contributed by atoms with van der Waals surface area (Å²) in [5.74, 6) is 0.493. The van der Waals surface area contributed by atoms with Crippen molar-refractivity contribution in [3.63, 3.8) is 0 Å². The summed E-state index contributed by atoms with van der Waals surface area (Å²) in [6.07, 6.45) is 8.16. The number of anilines is 2. The van der Waals surface area contributed by atoms with E-state index in [4.69, 9.17) is 9.72 Å². The van der Waals surface area contributed by atoms with E-state index < -0.39 is 5.82 Å². The van der Waals surface area contributed by atoms with Crippen LogP contribution in [-0.2, 0) is 6.54 Å². The molecule has 2 bridgehead atoms. The molecule has 0 saturated carbocycles. The number of piperidine rings is 1. The van der Waals surface area contributed by atoms with Crippen molar-refractivity contribution in [1.29, 1.82) is 10.5 Å². The number of ether oxygens (including phenoxy) is 1. The molecule has 4 fully saturated rings. The molecule has 0 spiro atoms. The van der Waals surface area contributed by atoms with Crippen molar-refractivity contribution in [2.75, 3.05) is 43.1 Å². The second-order valence-corrected chi connectivity index (χ2v) is 11.5. The number of fused-ring (bicyclic) bond motifs is 3. The molecule has 206 valence electrons. The van der Waals surface area contributed by atoms with E-state index in [2.05, 4.69) is 49.1 Å². The molecular weight excluding hydrogens is 521 g/mol. The number of rotatable bonds is 6. The first-order valence-corrected chi connectivity index (χ1v) is 13.6. The molecule has 4 aromatic heterocycles. The lowest BCUT2D eigenvalue weighted by atomic mass is 9.83. The number of nitriles is 2. The van der Waals surface area contributed by atoms with Gasteiger partial charge in [-0.05, 0) is 43.2 Å². The van der Waals surface area contributed by atoms with Gasteiger partial charge in [-0.2, -0.15) is 15.6 Å². The van der Waals surface area contributed by atoms with Crippen molar-refractivity contribution >= 4 is 17.0 Å². The summed E-state index contributed by atoms with van der Waals surface area (Å²) in [6, 6.07) is 13.1. The largest absolute Gasteiger partial charge is 0.479 e. The molecule has 0 radical (unpaired) electrons. The maximum absolute atomic E-state index is 14.1. The van der Waals surface area contributed by atoms with Crippen molar-refractivity contribution in [3.05, 3.63) is 66.0 Å². The van der Waals surface area contributed by atoms with Crippen LogP contribution in [-0.4, -0.2) is 69.9 Å². The monoisotopic (exact) mass is 549 g/mol. The summed E-state index contributed by atoms with van der Waals surface area (Å²) in [4.78, 5) is 15.8. The molecule has 8 heterocycles. The van der Waals surface area contributed by atoms with Crippen LogP contribution in [0.15, 0.2) is 49.1 Å². The SMILES string of the molecule is COc1ncc(CN2C3CC2CN(c2ccc(-c4cc(N5CC(C)(C#N)C5)cn5ncc(C#N)c45)cn2)C3)cc1F. The van der Waals surface area contributed by atoms with Crippen LogP contribution in [0.25, 0.3) is 16.6 Å². The van der Waals surface area contributed by atoms with E-state index in [0.717, 1.165) is 53.2 Å². The van der Waals surface area contributed by atoms with Crippen LogP contribution in [0.3, 0.4) is 0 Å². The normalized spacial score (nSPS) is 21.1. The van der Waals surface area contributed by atoms with Gasteiger partial charge < -0.3 is 14.5 Å². The van der Waals surface area contributed by atoms with Crippen LogP contribution in [0.2, 0.25) is 0 Å². The quantitative estimate of drug-likeness (QED) is 0.356. The van der Waals surface area contributed by atoms with Crippen molar-refractivity contribution < 1.29 is 9.13 Å². The van der Waals surface area contributed by atoms with E-state index in [1.54, 1.807) is 16.9 Å². The van der Waals surface area contributed by atoms with Crippen LogP contribution in [0.4, 0.5) is 15.9 Å². The molecule has 10 nitrogen and oxygen atoms in total. The number of piperazine rings is 1. The van der Waals surface area contributed by atoms with Crippen molar-refractivity contribution in [3.8, 4) is 29.1 Å². The topological polar surface area (TPSA) is 110 Å². The van der Waals surface area contributed by atoms with E-state index in [9.17, 15) is 14.9 Å². The smallest absolute Gasteiger partial charge is 0.250 e. The van der Waals surface area contributed by atoms with E-state index in [0.29, 0.717) is 37.3 Å². The highest BCUT2D eigenvalue weighted by molar-refractivity contribution is 5.86. The molecule has 2 atom stereocenters. The Kier molecular flexibility index (Phi) is 5.80. The number of hydrogen-bond acceptors (Lipinski definition) is 9. The van der Waals surface area contributed by atoms with E-state index >= 15 is 0 Å². The maximum atomic E-state index is 14.1. The van der Waals surface area contributed by atoms with Crippen LogP contribution in [0.1, 0.15) is 24.5 Å². The third-order valence-electron chi connectivity index (χ3n) is 8.58. The van der Waals surface area contributed by atoms with Crippen LogP contribution < -0.4 is 14.5 Å². The minimum Gasteiger partial charge on any atom is -0.479 e. The minimum atomic E-state index is -0.437. The third kappa shape index (κ3) is 4.21. The first kappa shape index (κ1) is 25.2. The summed E-state index contributed by atoms with van der Waals surface area (Å²) in [5, 5.41) is 23.6. The van der Waals surface area contributed by atoms with Crippen LogP contribution >= 0.6 is 0 Å². The third-order valence-corrected chi connectivity index (χ3v) is 8.58. The molecule has 0 aliphatic carbocycles. The fourth-order valence-electron chi connectivity index (χ4n) is 6.41. The van der Waals surface area contributed by atoms with Gasteiger partial charge in [0, 0.05) is 68.3 Å². The minimum absolute atomic E-state index is 0.0188. The summed E-state index contributed by atoms with van der Waals surface area (Å²) >= 11 is 0. The van der Waals surface area contributed by atoms with E-state index in [1.807, 2.05) is 25.4 Å². The molecule has 4 aliphatic heterocycles. The summed E-state index contributed by atoms with van der Waals surface area (Å²) < 4.78 is 20.8. The Balaban J connectivity index is 1.10. The van der Waals surface area contributed by atoms with Gasteiger partial charge in [0.25, 0.3) is 0 Å². The molecule has 4 aromatic rings. The molecule has 0 N–H and O–H groups in total. The highest BCUT2D eigenvalue weighted by Gasteiger charge is 2.45.